The summed E-state index contributed by atoms with van der Waals surface area (Å²) in [6.45, 7) is 5.42. The Balaban J connectivity index is 3.14. The van der Waals surface area contributed by atoms with Crippen LogP contribution in [0.1, 0.15) is 36.2 Å². The quantitative estimate of drug-likeness (QED) is 0.843. The van der Waals surface area contributed by atoms with Gasteiger partial charge in [0, 0.05) is 12.1 Å². The molecule has 0 atom stereocenters. The third-order valence-corrected chi connectivity index (χ3v) is 4.43. The topological polar surface area (TPSA) is 83.5 Å². The maximum Gasteiger partial charge on any atom is 0.335 e. The summed E-state index contributed by atoms with van der Waals surface area (Å²) in [5.74, 6) is -1.91. The highest BCUT2D eigenvalue weighted by atomic mass is 32.2. The molecule has 0 fully saturated rings. The van der Waals surface area contributed by atoms with Crippen molar-refractivity contribution in [2.24, 2.45) is 5.92 Å². The minimum atomic E-state index is -3.92. The van der Waals surface area contributed by atoms with Crippen molar-refractivity contribution in [1.82, 2.24) is 4.72 Å². The fourth-order valence-electron chi connectivity index (χ4n) is 1.62. The molecule has 0 radical (unpaired) electrons. The molecule has 0 aliphatic heterocycles. The molecule has 2 N–H and O–H groups in total. The van der Waals surface area contributed by atoms with Crippen LogP contribution in [-0.2, 0) is 10.0 Å². The Labute approximate surface area is 117 Å². The lowest BCUT2D eigenvalue weighted by Crippen LogP contribution is -2.27. The molecule has 0 spiro atoms. The molecule has 0 heterocycles. The molecule has 0 aromatic heterocycles. The van der Waals surface area contributed by atoms with E-state index in [4.69, 9.17) is 5.11 Å². The van der Waals surface area contributed by atoms with Gasteiger partial charge < -0.3 is 5.11 Å². The van der Waals surface area contributed by atoms with E-state index in [0.717, 1.165) is 12.1 Å². The number of sulfonamides is 1. The van der Waals surface area contributed by atoms with Gasteiger partial charge in [-0.25, -0.2) is 22.3 Å². The second-order valence-electron chi connectivity index (χ2n) is 4.97. The van der Waals surface area contributed by atoms with E-state index in [1.54, 1.807) is 0 Å². The number of benzene rings is 1. The van der Waals surface area contributed by atoms with Gasteiger partial charge >= 0.3 is 5.97 Å². The summed E-state index contributed by atoms with van der Waals surface area (Å²) < 4.78 is 40.2. The van der Waals surface area contributed by atoms with Gasteiger partial charge in [-0.2, -0.15) is 0 Å². The highest BCUT2D eigenvalue weighted by Crippen LogP contribution is 2.20. The number of carbonyl (C=O) groups is 1. The largest absolute Gasteiger partial charge is 0.478 e. The van der Waals surface area contributed by atoms with Gasteiger partial charge in [0.05, 0.1) is 10.5 Å². The van der Waals surface area contributed by atoms with Crippen molar-refractivity contribution in [3.05, 3.63) is 29.1 Å². The number of carboxylic acids is 1. The Hall–Kier alpha value is -1.47. The van der Waals surface area contributed by atoms with E-state index in [0.29, 0.717) is 12.3 Å². The van der Waals surface area contributed by atoms with E-state index in [-0.39, 0.29) is 17.0 Å². The number of halogens is 1. The Morgan fingerprint density at radius 3 is 2.50 bits per heavy atom. The number of nitrogens with one attached hydrogen (secondary N) is 1. The van der Waals surface area contributed by atoms with Gasteiger partial charge in [0.1, 0.15) is 5.82 Å². The zero-order chi connectivity index (χ0) is 15.5. The molecule has 5 nitrogen and oxygen atoms in total. The SMILES string of the molecule is Cc1c(F)cc(C(=O)O)cc1S(=O)(=O)NCCC(C)C. The first-order valence-corrected chi connectivity index (χ1v) is 7.66. The Morgan fingerprint density at radius 1 is 1.40 bits per heavy atom. The summed E-state index contributed by atoms with van der Waals surface area (Å²) >= 11 is 0. The normalized spacial score (nSPS) is 11.8. The maximum absolute atomic E-state index is 13.6. The molecule has 0 saturated heterocycles. The monoisotopic (exact) mass is 303 g/mol. The predicted molar refractivity (Wildman–Crippen MR) is 72.7 cm³/mol. The molecule has 0 aliphatic carbocycles. The highest BCUT2D eigenvalue weighted by molar-refractivity contribution is 7.89. The molecular formula is C13H18FNO4S. The van der Waals surface area contributed by atoms with Crippen LogP contribution in [-0.4, -0.2) is 26.0 Å². The van der Waals surface area contributed by atoms with Gasteiger partial charge in [0.25, 0.3) is 0 Å². The average Bonchev–Trinajstić information content (AvgIpc) is 2.31. The molecule has 20 heavy (non-hydrogen) atoms. The maximum atomic E-state index is 13.6. The van der Waals surface area contributed by atoms with Crippen molar-refractivity contribution < 1.29 is 22.7 Å². The Bertz CT molecular complexity index is 611. The molecule has 1 aromatic rings. The van der Waals surface area contributed by atoms with Gasteiger partial charge in [-0.1, -0.05) is 13.8 Å². The lowest BCUT2D eigenvalue weighted by atomic mass is 10.1. The van der Waals surface area contributed by atoms with E-state index in [1.807, 2.05) is 13.8 Å². The van der Waals surface area contributed by atoms with Crippen LogP contribution in [0.4, 0.5) is 4.39 Å². The summed E-state index contributed by atoms with van der Waals surface area (Å²) in [4.78, 5) is 10.5. The van der Waals surface area contributed by atoms with Gasteiger partial charge in [-0.15, -0.1) is 0 Å². The zero-order valence-electron chi connectivity index (χ0n) is 11.6. The second kappa shape index (κ2) is 6.32. The molecule has 0 bridgehead atoms. The van der Waals surface area contributed by atoms with Crippen LogP contribution in [0.15, 0.2) is 17.0 Å². The van der Waals surface area contributed by atoms with Crippen LogP contribution in [0, 0.1) is 18.7 Å². The van der Waals surface area contributed by atoms with Gasteiger partial charge in [-0.3, -0.25) is 0 Å². The molecule has 0 aliphatic rings. The lowest BCUT2D eigenvalue weighted by Gasteiger charge is -2.11. The van der Waals surface area contributed by atoms with Gasteiger partial charge in [0.2, 0.25) is 10.0 Å². The fourth-order valence-corrected chi connectivity index (χ4v) is 2.94. The lowest BCUT2D eigenvalue weighted by molar-refractivity contribution is 0.0696. The summed E-state index contributed by atoms with van der Waals surface area (Å²) in [7, 11) is -3.92. The molecule has 7 heteroatoms. The first-order chi connectivity index (χ1) is 9.15. The molecule has 0 saturated carbocycles. The van der Waals surface area contributed by atoms with Crippen LogP contribution < -0.4 is 4.72 Å². The van der Waals surface area contributed by atoms with E-state index in [2.05, 4.69) is 4.72 Å². The summed E-state index contributed by atoms with van der Waals surface area (Å²) in [5.41, 5.74) is -0.482. The third kappa shape index (κ3) is 4.01. The Morgan fingerprint density at radius 2 is 2.00 bits per heavy atom. The first-order valence-electron chi connectivity index (χ1n) is 6.18. The van der Waals surface area contributed by atoms with Crippen molar-refractivity contribution in [3.8, 4) is 0 Å². The van der Waals surface area contributed by atoms with Gasteiger partial charge in [0.15, 0.2) is 0 Å². The Kier molecular flexibility index (Phi) is 5.24. The van der Waals surface area contributed by atoms with Crippen molar-refractivity contribution in [3.63, 3.8) is 0 Å². The van der Waals surface area contributed by atoms with E-state index in [1.165, 1.54) is 6.92 Å². The molecular weight excluding hydrogens is 285 g/mol. The third-order valence-electron chi connectivity index (χ3n) is 2.85. The molecule has 1 aromatic carbocycles. The number of hydrogen-bond acceptors (Lipinski definition) is 3. The van der Waals surface area contributed by atoms with Crippen molar-refractivity contribution in [1.29, 1.82) is 0 Å². The molecule has 0 amide bonds. The number of carboxylic acid groups (broad SMARTS) is 1. The standard InChI is InChI=1S/C13H18FNO4S/c1-8(2)4-5-15-20(18,19)12-7-10(13(16)17)6-11(14)9(12)3/h6-8,15H,4-5H2,1-3H3,(H,16,17). The smallest absolute Gasteiger partial charge is 0.335 e. The highest BCUT2D eigenvalue weighted by Gasteiger charge is 2.21. The average molecular weight is 303 g/mol. The van der Waals surface area contributed by atoms with E-state index in [9.17, 15) is 17.6 Å². The van der Waals surface area contributed by atoms with Crippen molar-refractivity contribution >= 4 is 16.0 Å². The van der Waals surface area contributed by atoms with Crippen LogP contribution in [0.5, 0.6) is 0 Å². The van der Waals surface area contributed by atoms with Crippen LogP contribution in [0.3, 0.4) is 0 Å². The molecule has 1 rings (SSSR count). The fraction of sp³-hybridized carbons (Fsp3) is 0.462. The van der Waals surface area contributed by atoms with Crippen molar-refractivity contribution in [2.45, 2.75) is 32.1 Å². The number of aromatic carboxylic acids is 1. The zero-order valence-corrected chi connectivity index (χ0v) is 12.4. The summed E-state index contributed by atoms with van der Waals surface area (Å²) in [6, 6.07) is 1.78. The molecule has 112 valence electrons. The molecule has 0 unspecified atom stereocenters. The van der Waals surface area contributed by atoms with Crippen LogP contribution >= 0.6 is 0 Å². The van der Waals surface area contributed by atoms with Gasteiger partial charge in [-0.05, 0) is 31.4 Å². The van der Waals surface area contributed by atoms with Crippen LogP contribution in [0.25, 0.3) is 0 Å². The van der Waals surface area contributed by atoms with Crippen LogP contribution in [0.2, 0.25) is 0 Å². The van der Waals surface area contributed by atoms with E-state index >= 15 is 0 Å². The summed E-state index contributed by atoms with van der Waals surface area (Å²) in [5, 5.41) is 8.86. The predicted octanol–water partition coefficient (Wildman–Crippen LogP) is 2.16. The first kappa shape index (κ1) is 16.6. The minimum absolute atomic E-state index is 0.0907. The second-order valence-corrected chi connectivity index (χ2v) is 6.70. The summed E-state index contributed by atoms with van der Waals surface area (Å²) in [6.07, 6.45) is 0.638. The minimum Gasteiger partial charge on any atom is -0.478 e. The van der Waals surface area contributed by atoms with Crippen molar-refractivity contribution in [2.75, 3.05) is 6.54 Å². The number of hydrogen-bond donors (Lipinski definition) is 2. The number of rotatable bonds is 6. The van der Waals surface area contributed by atoms with E-state index < -0.39 is 27.4 Å².